The van der Waals surface area contributed by atoms with Crippen molar-refractivity contribution in [3.63, 3.8) is 0 Å². The van der Waals surface area contributed by atoms with E-state index in [1.165, 1.54) is 30.3 Å². The number of carbonyl (C=O) groups excluding carboxylic acids is 1. The molecule has 7 heteroatoms. The van der Waals surface area contributed by atoms with Gasteiger partial charge in [-0.25, -0.2) is 4.79 Å². The second-order valence-electron chi connectivity index (χ2n) is 5.91. The van der Waals surface area contributed by atoms with Gasteiger partial charge in [0.05, 0.1) is 12.0 Å². The lowest BCUT2D eigenvalue weighted by molar-refractivity contribution is -0.137. The van der Waals surface area contributed by atoms with Crippen molar-refractivity contribution in [2.45, 2.75) is 12.3 Å². The fraction of sp³-hybridized carbons (Fsp3) is 0.111. The van der Waals surface area contributed by atoms with Crippen molar-refractivity contribution < 1.29 is 34.8 Å². The average Bonchev–Trinajstić information content (AvgIpc) is 2.80. The van der Waals surface area contributed by atoms with Crippen LogP contribution in [0.5, 0.6) is 23.0 Å². The van der Waals surface area contributed by atoms with Crippen molar-refractivity contribution in [1.29, 1.82) is 0 Å². The van der Waals surface area contributed by atoms with Crippen LogP contribution in [0.3, 0.4) is 0 Å². The third-order valence-electron chi connectivity index (χ3n) is 4.49. The van der Waals surface area contributed by atoms with E-state index < -0.39 is 23.6 Å². The predicted octanol–water partition coefficient (Wildman–Crippen LogP) is 2.18. The van der Waals surface area contributed by atoms with E-state index in [4.69, 9.17) is 4.74 Å². The molecule has 0 radical (unpaired) electrons. The van der Waals surface area contributed by atoms with Gasteiger partial charge in [0.25, 0.3) is 0 Å². The molecule has 0 amide bonds. The normalized spacial score (nSPS) is 17.2. The molecule has 2 aliphatic rings. The van der Waals surface area contributed by atoms with Crippen LogP contribution in [0, 0.1) is 0 Å². The summed E-state index contributed by atoms with van der Waals surface area (Å²) in [7, 11) is 0. The molecule has 0 aromatic heterocycles. The number of ether oxygens (including phenoxy) is 1. The number of fused-ring (bicyclic) bond motifs is 1. The van der Waals surface area contributed by atoms with Gasteiger partial charge in [-0.1, -0.05) is 12.1 Å². The Kier molecular flexibility index (Phi) is 3.02. The number of hydrogen-bond donors (Lipinski definition) is 4. The summed E-state index contributed by atoms with van der Waals surface area (Å²) in [6, 6.07) is 5.56. The molecule has 2 aromatic rings. The number of aliphatic carboxylic acids is 1. The number of aromatic hydroxyl groups is 3. The lowest BCUT2D eigenvalue weighted by Gasteiger charge is -2.20. The first kappa shape index (κ1) is 15.1. The van der Waals surface area contributed by atoms with E-state index in [1.807, 2.05) is 0 Å². The summed E-state index contributed by atoms with van der Waals surface area (Å²) in [5, 5.41) is 39.5. The van der Waals surface area contributed by atoms with Crippen molar-refractivity contribution >= 4 is 23.6 Å². The Morgan fingerprint density at radius 2 is 1.80 bits per heavy atom. The molecule has 0 saturated carbocycles. The Bertz CT molecular complexity index is 987. The maximum absolute atomic E-state index is 12.2. The van der Waals surface area contributed by atoms with E-state index in [2.05, 4.69) is 0 Å². The number of carboxylic acid groups (broad SMARTS) is 1. The molecule has 1 aliphatic carbocycles. The van der Waals surface area contributed by atoms with Crippen LogP contribution in [-0.4, -0.2) is 32.4 Å². The molecular formula is C18H12O7. The van der Waals surface area contributed by atoms with Crippen LogP contribution in [0.1, 0.15) is 34.6 Å². The quantitative estimate of drug-likeness (QED) is 0.375. The Balaban J connectivity index is 2.11. The second-order valence-corrected chi connectivity index (χ2v) is 5.91. The Morgan fingerprint density at radius 1 is 1.08 bits per heavy atom. The molecule has 1 atom stereocenters. The van der Waals surface area contributed by atoms with E-state index in [-0.39, 0.29) is 34.8 Å². The SMILES string of the molecule is O=C(O)C[C@H]1c2ccc(O)c3c2C(=Cc2ccc(O)c(O)c21)C(=O)O3. The lowest BCUT2D eigenvalue weighted by atomic mass is 9.84. The largest absolute Gasteiger partial charge is 0.504 e. The van der Waals surface area contributed by atoms with Crippen molar-refractivity contribution in [2.75, 3.05) is 0 Å². The average molecular weight is 340 g/mol. The maximum Gasteiger partial charge on any atom is 0.344 e. The van der Waals surface area contributed by atoms with Gasteiger partial charge in [0, 0.05) is 17.0 Å². The van der Waals surface area contributed by atoms with Gasteiger partial charge in [-0.15, -0.1) is 0 Å². The van der Waals surface area contributed by atoms with Crippen molar-refractivity contribution in [2.24, 2.45) is 0 Å². The fourth-order valence-corrected chi connectivity index (χ4v) is 3.44. The van der Waals surface area contributed by atoms with Gasteiger partial charge >= 0.3 is 11.9 Å². The minimum absolute atomic E-state index is 0.0272. The summed E-state index contributed by atoms with van der Waals surface area (Å²) < 4.78 is 5.12. The monoisotopic (exact) mass is 340 g/mol. The number of esters is 1. The maximum atomic E-state index is 12.2. The van der Waals surface area contributed by atoms with E-state index in [0.717, 1.165) is 0 Å². The van der Waals surface area contributed by atoms with Gasteiger partial charge < -0.3 is 25.2 Å². The van der Waals surface area contributed by atoms with Crippen LogP contribution in [0.15, 0.2) is 24.3 Å². The molecule has 126 valence electrons. The molecule has 4 N–H and O–H groups in total. The molecule has 0 saturated heterocycles. The number of hydrogen-bond acceptors (Lipinski definition) is 6. The highest BCUT2D eigenvalue weighted by molar-refractivity contribution is 6.27. The minimum atomic E-state index is -1.12. The first-order valence-corrected chi connectivity index (χ1v) is 7.45. The lowest BCUT2D eigenvalue weighted by Crippen LogP contribution is -2.10. The third-order valence-corrected chi connectivity index (χ3v) is 4.49. The summed E-state index contributed by atoms with van der Waals surface area (Å²) >= 11 is 0. The number of benzene rings is 2. The summed E-state index contributed by atoms with van der Waals surface area (Å²) in [4.78, 5) is 23.6. The number of phenols is 3. The van der Waals surface area contributed by atoms with Crippen molar-refractivity contribution in [1.82, 2.24) is 0 Å². The smallest absolute Gasteiger partial charge is 0.344 e. The molecular weight excluding hydrogens is 328 g/mol. The van der Waals surface area contributed by atoms with E-state index >= 15 is 0 Å². The van der Waals surface area contributed by atoms with Crippen LogP contribution < -0.4 is 4.74 Å². The zero-order valence-corrected chi connectivity index (χ0v) is 12.7. The zero-order chi connectivity index (χ0) is 17.9. The Hall–Kier alpha value is -3.48. The van der Waals surface area contributed by atoms with Crippen LogP contribution >= 0.6 is 0 Å². The highest BCUT2D eigenvalue weighted by Crippen LogP contribution is 2.52. The predicted molar refractivity (Wildman–Crippen MR) is 85.5 cm³/mol. The van der Waals surface area contributed by atoms with E-state index in [0.29, 0.717) is 16.7 Å². The van der Waals surface area contributed by atoms with Gasteiger partial charge in [0.2, 0.25) is 0 Å². The minimum Gasteiger partial charge on any atom is -0.504 e. The zero-order valence-electron chi connectivity index (χ0n) is 12.7. The summed E-state index contributed by atoms with van der Waals surface area (Å²) in [5.74, 6) is -3.70. The first-order valence-electron chi connectivity index (χ1n) is 7.45. The molecule has 25 heavy (non-hydrogen) atoms. The summed E-state index contributed by atoms with van der Waals surface area (Å²) in [5.41, 5.74) is 1.51. The molecule has 1 heterocycles. The van der Waals surface area contributed by atoms with Gasteiger partial charge in [0.1, 0.15) is 0 Å². The summed E-state index contributed by atoms with van der Waals surface area (Å²) in [6.45, 7) is 0. The molecule has 0 spiro atoms. The topological polar surface area (TPSA) is 124 Å². The van der Waals surface area contributed by atoms with Crippen LogP contribution in [0.4, 0.5) is 0 Å². The molecule has 1 aliphatic heterocycles. The Morgan fingerprint density at radius 3 is 2.52 bits per heavy atom. The summed E-state index contributed by atoms with van der Waals surface area (Å²) in [6.07, 6.45) is 1.09. The van der Waals surface area contributed by atoms with Gasteiger partial charge in [0.15, 0.2) is 23.0 Å². The Labute approximate surface area is 141 Å². The van der Waals surface area contributed by atoms with Crippen LogP contribution in [-0.2, 0) is 9.59 Å². The van der Waals surface area contributed by atoms with Gasteiger partial charge in [-0.2, -0.15) is 0 Å². The molecule has 4 rings (SSSR count). The van der Waals surface area contributed by atoms with E-state index in [1.54, 1.807) is 0 Å². The van der Waals surface area contributed by atoms with Crippen molar-refractivity contribution in [3.05, 3.63) is 46.5 Å². The molecule has 7 nitrogen and oxygen atoms in total. The number of carbonyl (C=O) groups is 2. The van der Waals surface area contributed by atoms with Crippen LogP contribution in [0.25, 0.3) is 11.6 Å². The highest BCUT2D eigenvalue weighted by Gasteiger charge is 2.39. The molecule has 2 aromatic carbocycles. The number of phenolic OH excluding ortho intramolecular Hbond substituents is 3. The standard InChI is InChI=1S/C18H12O7/c19-11-3-1-7-5-10-15-8(2-4-12(20)17(15)25-18(10)24)9(6-13(21)22)14(7)16(11)23/h1-5,9,19-20,23H,6H2,(H,21,22)/t9-/m0/s1. The van der Waals surface area contributed by atoms with Gasteiger partial charge in [-0.3, -0.25) is 4.79 Å². The molecule has 0 unspecified atom stereocenters. The van der Waals surface area contributed by atoms with Gasteiger partial charge in [-0.05, 0) is 29.3 Å². The molecule has 0 fully saturated rings. The third kappa shape index (κ3) is 2.06. The van der Waals surface area contributed by atoms with Crippen molar-refractivity contribution in [3.8, 4) is 23.0 Å². The molecule has 0 bridgehead atoms. The first-order chi connectivity index (χ1) is 11.9. The number of rotatable bonds is 2. The highest BCUT2D eigenvalue weighted by atomic mass is 16.5. The number of carboxylic acids is 1. The fourth-order valence-electron chi connectivity index (χ4n) is 3.44. The second kappa shape index (κ2) is 5.01. The van der Waals surface area contributed by atoms with Crippen LogP contribution in [0.2, 0.25) is 0 Å². The van der Waals surface area contributed by atoms with E-state index in [9.17, 15) is 30.0 Å².